The first-order valence-corrected chi connectivity index (χ1v) is 33.8. The Morgan fingerprint density at radius 1 is 0.410 bits per heavy atom. The Labute approximate surface area is 481 Å². The minimum atomic E-state index is -4.39. The van der Waals surface area contributed by atoms with Crippen LogP contribution in [-0.4, -0.2) is 74.9 Å². The lowest BCUT2D eigenvalue weighted by Gasteiger charge is -2.24. The van der Waals surface area contributed by atoms with Crippen LogP contribution in [0.4, 0.5) is 0 Å². The van der Waals surface area contributed by atoms with Crippen LogP contribution in [0.2, 0.25) is 0 Å². The molecule has 0 aromatic heterocycles. The number of phosphoric acid groups is 1. The number of rotatable bonds is 59. The topological polar surface area (TPSA) is 108 Å². The molecule has 9 nitrogen and oxygen atoms in total. The second-order valence-corrected chi connectivity index (χ2v) is 24.2. The second-order valence-electron chi connectivity index (χ2n) is 22.8. The summed E-state index contributed by atoms with van der Waals surface area (Å²) in [4.78, 5) is 35.8. The van der Waals surface area contributed by atoms with Gasteiger partial charge in [-0.1, -0.05) is 266 Å². The third-order valence-electron chi connectivity index (χ3n) is 13.9. The second kappa shape index (κ2) is 58.8. The summed E-state index contributed by atoms with van der Waals surface area (Å²) in [5.74, 6) is -0.793. The van der Waals surface area contributed by atoms with Gasteiger partial charge in [0.15, 0.2) is 6.10 Å². The first-order chi connectivity index (χ1) is 38.0. The molecular formula is C68H123NO8P+. The summed E-state index contributed by atoms with van der Waals surface area (Å²) in [6.07, 6.45) is 79.5. The minimum Gasteiger partial charge on any atom is -0.462 e. The lowest BCUT2D eigenvalue weighted by molar-refractivity contribution is -0.870. The van der Waals surface area contributed by atoms with Crippen molar-refractivity contribution < 1.29 is 42.1 Å². The van der Waals surface area contributed by atoms with E-state index in [0.717, 1.165) is 77.0 Å². The van der Waals surface area contributed by atoms with Crippen molar-refractivity contribution in [3.63, 3.8) is 0 Å². The summed E-state index contributed by atoms with van der Waals surface area (Å²) in [7, 11) is 1.48. The highest BCUT2D eigenvalue weighted by Gasteiger charge is 2.27. The van der Waals surface area contributed by atoms with Crippen LogP contribution in [0, 0.1) is 0 Å². The van der Waals surface area contributed by atoms with Crippen molar-refractivity contribution in [3.05, 3.63) is 85.1 Å². The van der Waals surface area contributed by atoms with Crippen molar-refractivity contribution in [2.45, 2.75) is 290 Å². The summed E-state index contributed by atoms with van der Waals surface area (Å²) in [6, 6.07) is 0. The van der Waals surface area contributed by atoms with Gasteiger partial charge in [-0.2, -0.15) is 0 Å². The number of allylic oxidation sites excluding steroid dienone is 14. The molecule has 0 aromatic carbocycles. The first kappa shape index (κ1) is 75.2. The van der Waals surface area contributed by atoms with Crippen molar-refractivity contribution in [1.29, 1.82) is 0 Å². The summed E-state index contributed by atoms with van der Waals surface area (Å²) < 4.78 is 34.7. The molecule has 0 aliphatic carbocycles. The van der Waals surface area contributed by atoms with Crippen LogP contribution in [-0.2, 0) is 32.7 Å². The fourth-order valence-electron chi connectivity index (χ4n) is 8.96. The van der Waals surface area contributed by atoms with E-state index in [1.807, 2.05) is 21.1 Å². The molecule has 2 atom stereocenters. The third kappa shape index (κ3) is 62.4. The van der Waals surface area contributed by atoms with Crippen LogP contribution in [0.1, 0.15) is 284 Å². The Morgan fingerprint density at radius 2 is 0.731 bits per heavy atom. The predicted molar refractivity (Wildman–Crippen MR) is 335 cm³/mol. The van der Waals surface area contributed by atoms with Gasteiger partial charge in [-0.05, 0) is 89.9 Å². The van der Waals surface area contributed by atoms with E-state index < -0.39 is 26.5 Å². The molecule has 0 rings (SSSR count). The van der Waals surface area contributed by atoms with Crippen LogP contribution in [0.15, 0.2) is 85.1 Å². The smallest absolute Gasteiger partial charge is 0.462 e. The van der Waals surface area contributed by atoms with E-state index in [2.05, 4.69) is 98.9 Å². The van der Waals surface area contributed by atoms with Crippen molar-refractivity contribution >= 4 is 19.8 Å². The molecule has 0 saturated carbocycles. The number of unbranched alkanes of at least 4 members (excludes halogenated alkanes) is 31. The lowest BCUT2D eigenvalue weighted by atomic mass is 10.0. The van der Waals surface area contributed by atoms with Crippen molar-refractivity contribution in [1.82, 2.24) is 0 Å². The molecule has 1 N–H and O–H groups in total. The Morgan fingerprint density at radius 3 is 1.09 bits per heavy atom. The number of phosphoric ester groups is 1. The molecule has 2 unspecified atom stereocenters. The Bertz CT molecular complexity index is 1590. The van der Waals surface area contributed by atoms with Crippen LogP contribution < -0.4 is 0 Å². The molecule has 0 aliphatic heterocycles. The molecule has 10 heteroatoms. The van der Waals surface area contributed by atoms with Crippen molar-refractivity contribution in [2.24, 2.45) is 0 Å². The van der Waals surface area contributed by atoms with Gasteiger partial charge >= 0.3 is 19.8 Å². The van der Waals surface area contributed by atoms with Gasteiger partial charge in [-0.15, -0.1) is 0 Å². The largest absolute Gasteiger partial charge is 0.472 e. The number of carbonyl (C=O) groups is 2. The normalized spacial score (nSPS) is 13.8. The monoisotopic (exact) mass is 1110 g/mol. The highest BCUT2D eigenvalue weighted by atomic mass is 31.2. The van der Waals surface area contributed by atoms with Gasteiger partial charge in [-0.25, -0.2) is 4.57 Å². The summed E-state index contributed by atoms with van der Waals surface area (Å²) in [5, 5.41) is 0. The first-order valence-electron chi connectivity index (χ1n) is 32.3. The molecule has 0 saturated heterocycles. The van der Waals surface area contributed by atoms with Gasteiger partial charge < -0.3 is 18.9 Å². The number of hydrogen-bond acceptors (Lipinski definition) is 7. The molecule has 0 aliphatic rings. The number of quaternary nitrogens is 1. The fraction of sp³-hybridized carbons (Fsp3) is 0.765. The van der Waals surface area contributed by atoms with E-state index in [4.69, 9.17) is 18.5 Å². The number of ether oxygens (including phenoxy) is 2. The maximum Gasteiger partial charge on any atom is 0.472 e. The SMILES string of the molecule is CC/C=C\C/C=C\C/C=C\C/C=C\C/C=C\CCCCCCCCCCCCCCCCCC(=O)OC(COC(=O)CCCCCCCCCCCCC/C=C\C/C=C\CCCCCCC)COP(=O)(O)OCC[N+](C)(C)C. The molecular weight excluding hydrogens is 990 g/mol. The quantitative estimate of drug-likeness (QED) is 0.0211. The molecule has 0 fully saturated rings. The number of esters is 2. The van der Waals surface area contributed by atoms with Crippen LogP contribution in [0.3, 0.4) is 0 Å². The van der Waals surface area contributed by atoms with Crippen molar-refractivity contribution in [3.8, 4) is 0 Å². The van der Waals surface area contributed by atoms with E-state index >= 15 is 0 Å². The van der Waals surface area contributed by atoms with Gasteiger partial charge in [-0.3, -0.25) is 18.6 Å². The van der Waals surface area contributed by atoms with Crippen LogP contribution in [0.25, 0.3) is 0 Å². The van der Waals surface area contributed by atoms with Gasteiger partial charge in [0, 0.05) is 12.8 Å². The molecule has 0 amide bonds. The van der Waals surface area contributed by atoms with Gasteiger partial charge in [0.05, 0.1) is 27.7 Å². The van der Waals surface area contributed by atoms with E-state index in [1.54, 1.807) is 0 Å². The molecule has 78 heavy (non-hydrogen) atoms. The third-order valence-corrected chi connectivity index (χ3v) is 14.9. The number of carbonyl (C=O) groups excluding carboxylic acids is 2. The average molecular weight is 1110 g/mol. The number of nitrogens with zero attached hydrogens (tertiary/aromatic N) is 1. The van der Waals surface area contributed by atoms with Crippen LogP contribution in [0.5, 0.6) is 0 Å². The summed E-state index contributed by atoms with van der Waals surface area (Å²) in [5.41, 5.74) is 0. The lowest BCUT2D eigenvalue weighted by Crippen LogP contribution is -2.37. The average Bonchev–Trinajstić information content (AvgIpc) is 3.40. The Kier molecular flexibility index (Phi) is 56.7. The zero-order valence-electron chi connectivity index (χ0n) is 51.4. The fourth-order valence-corrected chi connectivity index (χ4v) is 9.70. The molecule has 0 spiro atoms. The maximum atomic E-state index is 12.9. The molecule has 0 radical (unpaired) electrons. The number of hydrogen-bond donors (Lipinski definition) is 1. The van der Waals surface area contributed by atoms with Gasteiger partial charge in [0.2, 0.25) is 0 Å². The van der Waals surface area contributed by atoms with E-state index in [0.29, 0.717) is 17.4 Å². The van der Waals surface area contributed by atoms with Crippen molar-refractivity contribution in [2.75, 3.05) is 47.5 Å². The Balaban J connectivity index is 4.09. The van der Waals surface area contributed by atoms with E-state index in [9.17, 15) is 19.0 Å². The van der Waals surface area contributed by atoms with Gasteiger partial charge in [0.25, 0.3) is 0 Å². The van der Waals surface area contributed by atoms with E-state index in [1.165, 1.54) is 173 Å². The summed E-state index contributed by atoms with van der Waals surface area (Å²) in [6.45, 7) is 4.33. The molecule has 0 aromatic rings. The minimum absolute atomic E-state index is 0.0295. The number of likely N-dealkylation sites (N-methyl/N-ethyl adjacent to an activating group) is 1. The standard InChI is InChI=1S/C68H122NO8P/c1-6-8-10-12-14-16-18-20-22-24-26-28-30-31-32-33-34-35-36-37-39-41-43-45-47-49-51-53-55-57-59-61-68(71)77-66(65-76-78(72,73)75-63-62-69(3,4)5)64-74-67(70)60-58-56-54-52-50-48-46-44-42-40-38-29-27-25-23-21-19-17-15-13-11-9-7-2/h8,10,14,16,19-22,25-28,31-32,66H,6-7,9,11-13,15,17-18,23-24,29-30,33-65H2,1-5H3/p+1/b10-8-,16-14-,21-19-,22-20-,27-25-,28-26-,32-31-. The maximum absolute atomic E-state index is 12.9. The molecule has 0 bridgehead atoms. The predicted octanol–water partition coefficient (Wildman–Crippen LogP) is 20.6. The van der Waals surface area contributed by atoms with Crippen LogP contribution >= 0.6 is 7.82 Å². The Hall–Kier alpha value is -2.81. The molecule has 452 valence electrons. The highest BCUT2D eigenvalue weighted by molar-refractivity contribution is 7.47. The highest BCUT2D eigenvalue weighted by Crippen LogP contribution is 2.43. The zero-order chi connectivity index (χ0) is 57.0. The van der Waals surface area contributed by atoms with E-state index in [-0.39, 0.29) is 32.0 Å². The zero-order valence-corrected chi connectivity index (χ0v) is 52.3. The van der Waals surface area contributed by atoms with Gasteiger partial charge in [0.1, 0.15) is 19.8 Å². The molecule has 0 heterocycles. The summed E-state index contributed by atoms with van der Waals surface area (Å²) >= 11 is 0.